The zero-order valence-electron chi connectivity index (χ0n) is 37.8. The highest BCUT2D eigenvalue weighted by Crippen LogP contribution is 2.37. The maximum absolute atomic E-state index is 13.7. The van der Waals surface area contributed by atoms with Gasteiger partial charge in [0.25, 0.3) is 0 Å². The van der Waals surface area contributed by atoms with E-state index in [4.69, 9.17) is 56.8 Å². The molecule has 0 aliphatic carbocycles. The number of aliphatic hydroxyl groups excluding tert-OH is 1. The predicted molar refractivity (Wildman–Crippen MR) is 216 cm³/mol. The monoisotopic (exact) mass is 925 g/mol. The number of ether oxygens (including phenoxy) is 12. The normalized spacial score (nSPS) is 31.3. The van der Waals surface area contributed by atoms with Crippen molar-refractivity contribution in [3.63, 3.8) is 0 Å². The van der Waals surface area contributed by atoms with E-state index in [1.54, 1.807) is 23.1 Å². The Kier molecular flexibility index (Phi) is 19.6. The summed E-state index contributed by atoms with van der Waals surface area (Å²) in [5.41, 5.74) is 0.0475. The van der Waals surface area contributed by atoms with E-state index >= 15 is 0 Å². The minimum absolute atomic E-state index is 0.0475. The van der Waals surface area contributed by atoms with Crippen molar-refractivity contribution in [1.82, 2.24) is 4.90 Å². The number of aliphatic hydroxyl groups is 1. The van der Waals surface area contributed by atoms with E-state index in [0.717, 1.165) is 41.5 Å². The molecule has 22 heteroatoms. The van der Waals surface area contributed by atoms with Crippen LogP contribution >= 0.6 is 0 Å². The molecule has 0 aromatic heterocycles. The van der Waals surface area contributed by atoms with E-state index in [1.807, 2.05) is 6.92 Å². The molecule has 14 atom stereocenters. The molecule has 1 N–H and O–H groups in total. The van der Waals surface area contributed by atoms with Gasteiger partial charge in [0.2, 0.25) is 0 Å². The fourth-order valence-corrected chi connectivity index (χ4v) is 7.74. The zero-order chi connectivity index (χ0) is 48.1. The van der Waals surface area contributed by atoms with Gasteiger partial charge in [-0.05, 0) is 32.0 Å². The van der Waals surface area contributed by atoms with Crippen LogP contribution in [0.5, 0.6) is 0 Å². The van der Waals surface area contributed by atoms with Gasteiger partial charge in [-0.1, -0.05) is 31.5 Å². The molecule has 0 unspecified atom stereocenters. The Morgan fingerprint density at radius 3 is 1.69 bits per heavy atom. The zero-order valence-corrected chi connectivity index (χ0v) is 37.8. The quantitative estimate of drug-likeness (QED) is 0.159. The minimum Gasteiger partial charge on any atom is -0.464 e. The number of carbonyl (C=O) groups is 8. The van der Waals surface area contributed by atoms with Crippen LogP contribution in [0.1, 0.15) is 85.5 Å². The van der Waals surface area contributed by atoms with Crippen molar-refractivity contribution in [1.29, 1.82) is 0 Å². The second kappa shape index (κ2) is 24.3. The van der Waals surface area contributed by atoms with Crippen LogP contribution in [0.15, 0.2) is 30.3 Å². The number of carbonyl (C=O) groups excluding carboxylic acids is 8. The van der Waals surface area contributed by atoms with Crippen LogP contribution in [-0.4, -0.2) is 170 Å². The highest BCUT2D eigenvalue weighted by molar-refractivity contribution is 5.89. The Labute approximate surface area is 375 Å². The van der Waals surface area contributed by atoms with Crippen LogP contribution in [0, 0.1) is 0 Å². The van der Waals surface area contributed by atoms with Crippen LogP contribution in [0.3, 0.4) is 0 Å². The second-order valence-electron chi connectivity index (χ2n) is 15.6. The first-order valence-electron chi connectivity index (χ1n) is 21.1. The van der Waals surface area contributed by atoms with Gasteiger partial charge >= 0.3 is 47.8 Å². The van der Waals surface area contributed by atoms with Crippen LogP contribution in [-0.2, 0) is 90.4 Å². The van der Waals surface area contributed by atoms with Gasteiger partial charge in [-0.2, -0.15) is 0 Å². The number of nitrogens with zero attached hydrogens (tertiary/aromatic N) is 1. The lowest BCUT2D eigenvalue weighted by Crippen LogP contribution is -2.70. The Balaban J connectivity index is 1.93. The van der Waals surface area contributed by atoms with Crippen molar-refractivity contribution in [2.75, 3.05) is 26.3 Å². The molecule has 3 saturated heterocycles. The summed E-state index contributed by atoms with van der Waals surface area (Å²) in [6.45, 7) is 10.4. The van der Waals surface area contributed by atoms with Gasteiger partial charge in [0, 0.05) is 55.0 Å². The topological polar surface area (TPSA) is 271 Å². The van der Waals surface area contributed by atoms with Crippen molar-refractivity contribution < 1.29 is 100 Å². The first kappa shape index (κ1) is 52.4. The number of hydrogen-bond donors (Lipinski definition) is 1. The molecular formula is C43H59NO21. The van der Waals surface area contributed by atoms with E-state index in [2.05, 4.69) is 0 Å². The number of piperidine rings is 1. The first-order valence-corrected chi connectivity index (χ1v) is 21.1. The molecule has 362 valence electrons. The molecule has 0 bridgehead atoms. The SMILES string of the molecule is CCCCN1C[C@H](OC(C)=O)[C@@H](O[C@@H]2O[C@@H](C)[C@@H](OC(C)=O)[C@@H](OC(C)=O)[C@@H]2OC(C)=O)[C@H](O[C@@H]2O[C@H](COC(C)=O)[C@H](OC(C)=O)[C@H](O)[C@H]2OC(=O)c2ccccc2)[C@H]1COC(C)=O. The lowest BCUT2D eigenvalue weighted by Gasteiger charge is -2.52. The fraction of sp³-hybridized carbons (Fsp3) is 0.674. The molecule has 3 aliphatic heterocycles. The average molecular weight is 926 g/mol. The summed E-state index contributed by atoms with van der Waals surface area (Å²) in [4.78, 5) is 103. The minimum atomic E-state index is -1.92. The van der Waals surface area contributed by atoms with E-state index in [-0.39, 0.29) is 12.1 Å². The molecule has 22 nitrogen and oxygen atoms in total. The molecule has 0 saturated carbocycles. The lowest BCUT2D eigenvalue weighted by atomic mass is 9.91. The Bertz CT molecular complexity index is 1830. The Morgan fingerprint density at radius 1 is 0.600 bits per heavy atom. The number of esters is 8. The number of hydrogen-bond acceptors (Lipinski definition) is 22. The molecule has 3 heterocycles. The Morgan fingerprint density at radius 2 is 1.12 bits per heavy atom. The maximum Gasteiger partial charge on any atom is 0.338 e. The molecule has 65 heavy (non-hydrogen) atoms. The first-order chi connectivity index (χ1) is 30.7. The summed E-state index contributed by atoms with van der Waals surface area (Å²) in [5, 5.41) is 12.0. The van der Waals surface area contributed by atoms with E-state index in [9.17, 15) is 43.5 Å². The third-order valence-corrected chi connectivity index (χ3v) is 10.4. The van der Waals surface area contributed by atoms with Crippen molar-refractivity contribution in [3.05, 3.63) is 35.9 Å². The van der Waals surface area contributed by atoms with Crippen molar-refractivity contribution in [2.45, 2.75) is 161 Å². The third-order valence-electron chi connectivity index (χ3n) is 10.4. The fourth-order valence-electron chi connectivity index (χ4n) is 7.74. The molecule has 3 fully saturated rings. The smallest absolute Gasteiger partial charge is 0.338 e. The summed E-state index contributed by atoms with van der Waals surface area (Å²) in [6.07, 6.45) is -19.0. The van der Waals surface area contributed by atoms with Gasteiger partial charge in [-0.15, -0.1) is 0 Å². The van der Waals surface area contributed by atoms with Gasteiger partial charge < -0.3 is 61.9 Å². The van der Waals surface area contributed by atoms with Crippen molar-refractivity contribution >= 4 is 47.8 Å². The molecule has 0 radical (unpaired) electrons. The van der Waals surface area contributed by atoms with Crippen molar-refractivity contribution in [3.8, 4) is 0 Å². The van der Waals surface area contributed by atoms with E-state index < -0.39 is 147 Å². The van der Waals surface area contributed by atoms with Gasteiger partial charge in [0.15, 0.2) is 43.1 Å². The maximum atomic E-state index is 13.7. The molecular weight excluding hydrogens is 866 g/mol. The lowest BCUT2D eigenvalue weighted by molar-refractivity contribution is -0.356. The summed E-state index contributed by atoms with van der Waals surface area (Å²) >= 11 is 0. The highest BCUT2D eigenvalue weighted by Gasteiger charge is 2.58. The number of rotatable bonds is 18. The second-order valence-corrected chi connectivity index (χ2v) is 15.6. The summed E-state index contributed by atoms with van der Waals surface area (Å²) in [7, 11) is 0. The summed E-state index contributed by atoms with van der Waals surface area (Å²) in [6, 6.07) is 6.64. The van der Waals surface area contributed by atoms with Crippen LogP contribution < -0.4 is 0 Å². The molecule has 1 aromatic carbocycles. The van der Waals surface area contributed by atoms with Crippen molar-refractivity contribution in [2.24, 2.45) is 0 Å². The molecule has 0 spiro atoms. The van der Waals surface area contributed by atoms with Crippen LogP contribution in [0.4, 0.5) is 0 Å². The predicted octanol–water partition coefficient (Wildman–Crippen LogP) is 1.08. The average Bonchev–Trinajstić information content (AvgIpc) is 3.21. The van der Waals surface area contributed by atoms with E-state index in [0.29, 0.717) is 19.4 Å². The van der Waals surface area contributed by atoms with Gasteiger partial charge in [0.05, 0.1) is 17.7 Å². The standard InChI is InChI=1S/C43H59NO21/c1-10-11-17-44-18-31(57-24(5)47)37(65-43-40(61-28(9)51)39(60-27(8)50)34(21(2)56-43)58-25(6)48)35(30(44)19-54-22(3)45)64-42-38(63-41(53)29-15-13-12-14-16-29)33(52)36(59-26(7)49)32(62-42)20-55-23(4)46/h12-16,21,30-40,42-43,52H,10-11,17-20H2,1-9H3/t21-,30+,31-,32+,33-,34+,35+,36-,37+,38+,39+,40-,42-,43-/m0/s1. The number of unbranched alkanes of at least 4 members (excludes halogenated alkanes) is 1. The van der Waals surface area contributed by atoms with Crippen LogP contribution in [0.2, 0.25) is 0 Å². The van der Waals surface area contributed by atoms with Gasteiger partial charge in [-0.25, -0.2) is 4.79 Å². The van der Waals surface area contributed by atoms with Crippen LogP contribution in [0.25, 0.3) is 0 Å². The highest BCUT2D eigenvalue weighted by atomic mass is 16.8. The van der Waals surface area contributed by atoms with E-state index in [1.165, 1.54) is 26.0 Å². The summed E-state index contributed by atoms with van der Waals surface area (Å²) < 4.78 is 70.6. The number of benzene rings is 1. The molecule has 4 rings (SSSR count). The van der Waals surface area contributed by atoms with Gasteiger partial charge in [-0.3, -0.25) is 38.5 Å². The summed E-state index contributed by atoms with van der Waals surface area (Å²) in [5.74, 6) is -6.57. The largest absolute Gasteiger partial charge is 0.464 e. The molecule has 1 aromatic rings. The number of likely N-dealkylation sites (tertiary alicyclic amines) is 1. The molecule has 0 amide bonds. The molecule has 3 aliphatic rings. The van der Waals surface area contributed by atoms with Gasteiger partial charge in [0.1, 0.15) is 43.7 Å². The Hall–Kier alpha value is -5.26. The third kappa shape index (κ3) is 14.9.